The normalized spacial score (nSPS) is 12.7. The molecule has 2 rings (SSSR count). The second-order valence-electron chi connectivity index (χ2n) is 5.24. The molecular weight excluding hydrogens is 346 g/mol. The minimum Gasteiger partial charge on any atom is -0.465 e. The summed E-state index contributed by atoms with van der Waals surface area (Å²) in [5, 5.41) is 0. The molecule has 2 aromatic rings. The van der Waals surface area contributed by atoms with Crippen LogP contribution in [-0.2, 0) is 19.6 Å². The van der Waals surface area contributed by atoms with Gasteiger partial charge in [0.25, 0.3) is 0 Å². The monoisotopic (exact) mass is 363 g/mol. The van der Waals surface area contributed by atoms with E-state index in [-0.39, 0.29) is 0 Å². The standard InChI is InChI=1S/C17H17NO6S/c1-12(24-16(19)10-9-15-4-3-11-23-15)17(20)13-5-7-14(8-6-13)18-25(2,21)22/h3-12,18H,1-2H3/b10-9+/t12-/m1/s1. The molecule has 1 heterocycles. The van der Waals surface area contributed by atoms with Crippen molar-refractivity contribution in [3.8, 4) is 0 Å². The number of nitrogens with one attached hydrogen (secondary N) is 1. The lowest BCUT2D eigenvalue weighted by Gasteiger charge is -2.11. The van der Waals surface area contributed by atoms with Crippen LogP contribution in [0.5, 0.6) is 0 Å². The Kier molecular flexibility index (Phi) is 5.76. The molecule has 0 radical (unpaired) electrons. The summed E-state index contributed by atoms with van der Waals surface area (Å²) in [5.74, 6) is -0.580. The van der Waals surface area contributed by atoms with Crippen LogP contribution in [0.25, 0.3) is 6.08 Å². The highest BCUT2D eigenvalue weighted by Gasteiger charge is 2.18. The number of hydrogen-bond acceptors (Lipinski definition) is 6. The van der Waals surface area contributed by atoms with E-state index in [4.69, 9.17) is 9.15 Å². The number of sulfonamides is 1. The van der Waals surface area contributed by atoms with E-state index in [0.29, 0.717) is 17.0 Å². The van der Waals surface area contributed by atoms with Gasteiger partial charge in [0.15, 0.2) is 6.10 Å². The fourth-order valence-electron chi connectivity index (χ4n) is 1.95. The highest BCUT2D eigenvalue weighted by molar-refractivity contribution is 7.92. The molecule has 8 heteroatoms. The predicted octanol–water partition coefficient (Wildman–Crippen LogP) is 2.48. The zero-order valence-corrected chi connectivity index (χ0v) is 14.4. The number of carbonyl (C=O) groups excluding carboxylic acids is 2. The number of rotatable bonds is 7. The second kappa shape index (κ2) is 7.80. The third kappa shape index (κ3) is 5.92. The molecule has 0 spiro atoms. The van der Waals surface area contributed by atoms with Gasteiger partial charge in [-0.3, -0.25) is 9.52 Å². The van der Waals surface area contributed by atoms with Crippen molar-refractivity contribution in [3.05, 3.63) is 60.1 Å². The first kappa shape index (κ1) is 18.5. The quantitative estimate of drug-likeness (QED) is 0.460. The van der Waals surface area contributed by atoms with Gasteiger partial charge in [0.2, 0.25) is 15.8 Å². The molecule has 1 N–H and O–H groups in total. The van der Waals surface area contributed by atoms with Crippen molar-refractivity contribution in [3.63, 3.8) is 0 Å². The van der Waals surface area contributed by atoms with E-state index in [1.54, 1.807) is 12.1 Å². The molecular formula is C17H17NO6S. The van der Waals surface area contributed by atoms with Crippen molar-refractivity contribution >= 4 is 33.5 Å². The Labute approximate surface area is 145 Å². The Morgan fingerprint density at radius 2 is 1.88 bits per heavy atom. The lowest BCUT2D eigenvalue weighted by atomic mass is 10.1. The van der Waals surface area contributed by atoms with Gasteiger partial charge in [0.05, 0.1) is 12.5 Å². The number of anilines is 1. The Bertz CT molecular complexity index is 866. The molecule has 0 saturated heterocycles. The van der Waals surface area contributed by atoms with Crippen molar-refractivity contribution < 1.29 is 27.2 Å². The van der Waals surface area contributed by atoms with Crippen LogP contribution >= 0.6 is 0 Å². The smallest absolute Gasteiger partial charge is 0.331 e. The fourth-order valence-corrected chi connectivity index (χ4v) is 2.52. The van der Waals surface area contributed by atoms with Crippen molar-refractivity contribution in [2.75, 3.05) is 11.0 Å². The maximum absolute atomic E-state index is 12.3. The molecule has 25 heavy (non-hydrogen) atoms. The lowest BCUT2D eigenvalue weighted by Crippen LogP contribution is -2.23. The molecule has 7 nitrogen and oxygen atoms in total. The van der Waals surface area contributed by atoms with Gasteiger partial charge in [-0.2, -0.15) is 0 Å². The maximum atomic E-state index is 12.3. The first-order chi connectivity index (χ1) is 11.7. The van der Waals surface area contributed by atoms with Gasteiger partial charge in [-0.1, -0.05) is 0 Å². The van der Waals surface area contributed by atoms with Crippen LogP contribution < -0.4 is 4.72 Å². The number of hydrogen-bond donors (Lipinski definition) is 1. The molecule has 1 aromatic heterocycles. The number of ketones is 1. The van der Waals surface area contributed by atoms with Crippen LogP contribution in [-0.4, -0.2) is 32.5 Å². The van der Waals surface area contributed by atoms with Gasteiger partial charge in [-0.15, -0.1) is 0 Å². The largest absolute Gasteiger partial charge is 0.465 e. The summed E-state index contributed by atoms with van der Waals surface area (Å²) in [7, 11) is -3.39. The molecule has 0 unspecified atom stereocenters. The number of Topliss-reactive ketones (excluding diaryl/α,β-unsaturated/α-hetero) is 1. The molecule has 0 amide bonds. The molecule has 0 bridgehead atoms. The van der Waals surface area contributed by atoms with E-state index in [1.807, 2.05) is 0 Å². The van der Waals surface area contributed by atoms with Gasteiger partial charge in [0, 0.05) is 17.3 Å². The fraction of sp³-hybridized carbons (Fsp3) is 0.176. The van der Waals surface area contributed by atoms with Crippen LogP contribution in [0.3, 0.4) is 0 Å². The molecule has 0 aliphatic heterocycles. The third-order valence-electron chi connectivity index (χ3n) is 3.06. The number of esters is 1. The van der Waals surface area contributed by atoms with Crippen molar-refractivity contribution in [2.45, 2.75) is 13.0 Å². The Morgan fingerprint density at radius 3 is 2.44 bits per heavy atom. The zero-order valence-electron chi connectivity index (χ0n) is 13.6. The first-order valence-corrected chi connectivity index (χ1v) is 9.18. The van der Waals surface area contributed by atoms with Gasteiger partial charge in [-0.05, 0) is 49.4 Å². The number of ether oxygens (including phenoxy) is 1. The third-order valence-corrected chi connectivity index (χ3v) is 3.67. The molecule has 1 atom stereocenters. The summed E-state index contributed by atoms with van der Waals surface area (Å²) in [4.78, 5) is 24.0. The summed E-state index contributed by atoms with van der Waals surface area (Å²) >= 11 is 0. The summed E-state index contributed by atoms with van der Waals surface area (Å²) in [6.45, 7) is 1.46. The minimum atomic E-state index is -3.39. The van der Waals surface area contributed by atoms with Crippen LogP contribution in [0.4, 0.5) is 5.69 Å². The minimum absolute atomic E-state index is 0.300. The van der Waals surface area contributed by atoms with Gasteiger partial charge >= 0.3 is 5.97 Å². The summed E-state index contributed by atoms with van der Waals surface area (Å²) < 4.78 is 34.7. The van der Waals surface area contributed by atoms with E-state index in [9.17, 15) is 18.0 Å². The Balaban J connectivity index is 1.96. The Morgan fingerprint density at radius 1 is 1.20 bits per heavy atom. The average molecular weight is 363 g/mol. The molecule has 132 valence electrons. The zero-order chi connectivity index (χ0) is 18.4. The van der Waals surface area contributed by atoms with Gasteiger partial charge in [0.1, 0.15) is 5.76 Å². The van der Waals surface area contributed by atoms with Crippen LogP contribution in [0.1, 0.15) is 23.0 Å². The highest BCUT2D eigenvalue weighted by Crippen LogP contribution is 2.13. The van der Waals surface area contributed by atoms with Gasteiger partial charge in [-0.25, -0.2) is 13.2 Å². The van der Waals surface area contributed by atoms with E-state index >= 15 is 0 Å². The molecule has 0 aliphatic carbocycles. The van der Waals surface area contributed by atoms with Crippen molar-refractivity contribution in [1.29, 1.82) is 0 Å². The van der Waals surface area contributed by atoms with Crippen molar-refractivity contribution in [1.82, 2.24) is 0 Å². The SMILES string of the molecule is C[C@@H](OC(=O)/C=C/c1ccco1)C(=O)c1ccc(NS(C)(=O)=O)cc1. The van der Waals surface area contributed by atoms with Crippen LogP contribution in [0, 0.1) is 0 Å². The van der Waals surface area contributed by atoms with E-state index in [2.05, 4.69) is 4.72 Å². The number of furan rings is 1. The highest BCUT2D eigenvalue weighted by atomic mass is 32.2. The summed E-state index contributed by atoms with van der Waals surface area (Å²) in [6.07, 6.45) is 4.12. The van der Waals surface area contributed by atoms with E-state index in [1.165, 1.54) is 49.6 Å². The molecule has 0 aliphatic rings. The van der Waals surface area contributed by atoms with Crippen LogP contribution in [0.15, 0.2) is 53.2 Å². The molecule has 0 saturated carbocycles. The topological polar surface area (TPSA) is 103 Å². The second-order valence-corrected chi connectivity index (χ2v) is 6.99. The summed E-state index contributed by atoms with van der Waals surface area (Å²) in [5.41, 5.74) is 0.638. The molecule has 0 fully saturated rings. The molecule has 1 aromatic carbocycles. The number of carbonyl (C=O) groups is 2. The average Bonchev–Trinajstić information content (AvgIpc) is 3.05. The predicted molar refractivity (Wildman–Crippen MR) is 92.5 cm³/mol. The lowest BCUT2D eigenvalue weighted by molar-refractivity contribution is -0.140. The summed E-state index contributed by atoms with van der Waals surface area (Å²) in [6, 6.07) is 9.18. The van der Waals surface area contributed by atoms with E-state index in [0.717, 1.165) is 6.26 Å². The van der Waals surface area contributed by atoms with Crippen molar-refractivity contribution in [2.24, 2.45) is 0 Å². The first-order valence-electron chi connectivity index (χ1n) is 7.29. The van der Waals surface area contributed by atoms with E-state index < -0.39 is 27.9 Å². The maximum Gasteiger partial charge on any atom is 0.331 e. The van der Waals surface area contributed by atoms with Crippen LogP contribution in [0.2, 0.25) is 0 Å². The van der Waals surface area contributed by atoms with Gasteiger partial charge < -0.3 is 9.15 Å². The Hall–Kier alpha value is -2.87. The number of benzene rings is 1.